The van der Waals surface area contributed by atoms with Crippen LogP contribution in [0.2, 0.25) is 0 Å². The minimum absolute atomic E-state index is 0.0153. The summed E-state index contributed by atoms with van der Waals surface area (Å²) in [4.78, 5) is 12.4. The van der Waals surface area contributed by atoms with E-state index in [9.17, 15) is 40.5 Å². The Morgan fingerprint density at radius 2 is 1.55 bits per heavy atom. The maximum Gasteiger partial charge on any atom is 0.231 e. The molecule has 0 fully saturated rings. The predicted octanol–water partition coefficient (Wildman–Crippen LogP) is 1.47. The van der Waals surface area contributed by atoms with E-state index in [0.29, 0.717) is 0 Å². The molecule has 9 heteroatoms. The molecule has 29 heavy (non-hydrogen) atoms. The predicted molar refractivity (Wildman–Crippen MR) is 99.7 cm³/mol. The fourth-order valence-electron chi connectivity index (χ4n) is 3.50. The van der Waals surface area contributed by atoms with Crippen LogP contribution in [0.25, 0.3) is 10.8 Å². The molecular formula is C20H16O9. The van der Waals surface area contributed by atoms with Gasteiger partial charge in [0.1, 0.15) is 23.4 Å². The Balaban J connectivity index is 1.94. The number of aliphatic hydroxyl groups is 1. The van der Waals surface area contributed by atoms with Gasteiger partial charge in [0.25, 0.3) is 0 Å². The molecule has 0 bridgehead atoms. The standard InChI is InChI=1S/C20H16O9/c21-9-4-11(22)10-6-14(25)20(29-15(10)5-9)8-1-7-2-13(24)18(27)19(28)16(7)17(26)12(23)3-8/h1-5,14,20-22,24-25,27-28H,6H2,(H,23,26)/t14-,20+/m0/s1. The van der Waals surface area contributed by atoms with Gasteiger partial charge in [0.2, 0.25) is 11.2 Å². The molecule has 0 radical (unpaired) electrons. The van der Waals surface area contributed by atoms with E-state index in [-0.39, 0.29) is 40.2 Å². The van der Waals surface area contributed by atoms with Gasteiger partial charge in [0.15, 0.2) is 17.2 Å². The van der Waals surface area contributed by atoms with Crippen LogP contribution in [0.15, 0.2) is 35.1 Å². The number of ether oxygens (including phenoxy) is 1. The van der Waals surface area contributed by atoms with Gasteiger partial charge < -0.3 is 40.5 Å². The van der Waals surface area contributed by atoms with Gasteiger partial charge in [-0.2, -0.15) is 0 Å². The fourth-order valence-corrected chi connectivity index (χ4v) is 3.50. The lowest BCUT2D eigenvalue weighted by molar-refractivity contribution is 0.0198. The smallest absolute Gasteiger partial charge is 0.231 e. The van der Waals surface area contributed by atoms with Crippen molar-refractivity contribution >= 4 is 10.8 Å². The van der Waals surface area contributed by atoms with Crippen molar-refractivity contribution in [2.75, 3.05) is 0 Å². The molecule has 1 aliphatic heterocycles. The summed E-state index contributed by atoms with van der Waals surface area (Å²) in [6.45, 7) is 0. The van der Waals surface area contributed by atoms with Crippen molar-refractivity contribution in [3.63, 3.8) is 0 Å². The zero-order chi connectivity index (χ0) is 21.0. The van der Waals surface area contributed by atoms with Crippen molar-refractivity contribution in [3.8, 4) is 40.2 Å². The molecule has 3 aromatic rings. The topological polar surface area (TPSA) is 168 Å². The Morgan fingerprint density at radius 1 is 0.828 bits per heavy atom. The van der Waals surface area contributed by atoms with Gasteiger partial charge in [-0.15, -0.1) is 0 Å². The van der Waals surface area contributed by atoms with Gasteiger partial charge in [0, 0.05) is 24.1 Å². The number of aromatic hydroxyl groups is 6. The maximum atomic E-state index is 12.4. The summed E-state index contributed by atoms with van der Waals surface area (Å²) in [5.41, 5.74) is -0.592. The number of benzene rings is 2. The Labute approximate surface area is 162 Å². The molecule has 0 unspecified atom stereocenters. The molecule has 4 rings (SSSR count). The highest BCUT2D eigenvalue weighted by Gasteiger charge is 2.32. The fraction of sp³-hybridized carbons (Fsp3) is 0.150. The van der Waals surface area contributed by atoms with Crippen molar-refractivity contribution in [2.24, 2.45) is 0 Å². The second-order valence-electron chi connectivity index (χ2n) is 6.81. The second-order valence-corrected chi connectivity index (χ2v) is 6.81. The van der Waals surface area contributed by atoms with E-state index in [1.54, 1.807) is 0 Å². The molecule has 0 saturated heterocycles. The number of aliphatic hydroxyl groups excluding tert-OH is 1. The Hall–Kier alpha value is -3.85. The Morgan fingerprint density at radius 3 is 2.28 bits per heavy atom. The van der Waals surface area contributed by atoms with E-state index in [2.05, 4.69) is 0 Å². The van der Waals surface area contributed by atoms with E-state index >= 15 is 0 Å². The normalized spacial score (nSPS) is 18.2. The molecule has 0 aliphatic carbocycles. The summed E-state index contributed by atoms with van der Waals surface area (Å²) < 4.78 is 5.70. The summed E-state index contributed by atoms with van der Waals surface area (Å²) in [7, 11) is 0. The van der Waals surface area contributed by atoms with Gasteiger partial charge >= 0.3 is 0 Å². The third-order valence-electron chi connectivity index (χ3n) is 4.89. The third kappa shape index (κ3) is 2.88. The zero-order valence-electron chi connectivity index (χ0n) is 14.7. The van der Waals surface area contributed by atoms with Crippen LogP contribution in [0, 0.1) is 0 Å². The maximum absolute atomic E-state index is 12.4. The van der Waals surface area contributed by atoms with Gasteiger partial charge in [0.05, 0.1) is 11.5 Å². The van der Waals surface area contributed by atoms with Gasteiger partial charge in [-0.05, 0) is 29.1 Å². The van der Waals surface area contributed by atoms with Gasteiger partial charge in [-0.3, -0.25) is 4.79 Å². The van der Waals surface area contributed by atoms with E-state index in [0.717, 1.165) is 18.2 Å². The van der Waals surface area contributed by atoms with Crippen LogP contribution in [0.5, 0.6) is 40.2 Å². The summed E-state index contributed by atoms with van der Waals surface area (Å²) in [5.74, 6) is -3.67. The van der Waals surface area contributed by atoms with Gasteiger partial charge in [-0.1, -0.05) is 0 Å². The SMILES string of the molecule is O=c1c(O)cc([C@H]2Oc3cc(O)cc(O)c3C[C@@H]2O)cc2cc(O)c(O)c(O)c12. The molecule has 1 heterocycles. The van der Waals surface area contributed by atoms with E-state index in [4.69, 9.17) is 4.74 Å². The van der Waals surface area contributed by atoms with Crippen molar-refractivity contribution in [3.05, 3.63) is 51.7 Å². The molecule has 7 N–H and O–H groups in total. The Kier molecular flexibility index (Phi) is 4.05. The molecule has 9 nitrogen and oxygen atoms in total. The minimum atomic E-state index is -1.19. The first-order valence-corrected chi connectivity index (χ1v) is 8.51. The summed E-state index contributed by atoms with van der Waals surface area (Å²) in [5, 5.41) is 69.4. The molecule has 2 atom stereocenters. The molecule has 3 aromatic carbocycles. The van der Waals surface area contributed by atoms with Crippen LogP contribution >= 0.6 is 0 Å². The first-order valence-electron chi connectivity index (χ1n) is 8.51. The van der Waals surface area contributed by atoms with Crippen LogP contribution in [-0.2, 0) is 6.42 Å². The highest BCUT2D eigenvalue weighted by atomic mass is 16.5. The van der Waals surface area contributed by atoms with Gasteiger partial charge in [-0.25, -0.2) is 0 Å². The quantitative estimate of drug-likeness (QED) is 0.299. The average Bonchev–Trinajstić information content (AvgIpc) is 2.77. The third-order valence-corrected chi connectivity index (χ3v) is 4.89. The van der Waals surface area contributed by atoms with E-state index in [1.807, 2.05) is 0 Å². The lowest BCUT2D eigenvalue weighted by atomic mass is 9.94. The first-order chi connectivity index (χ1) is 13.7. The molecule has 0 spiro atoms. The van der Waals surface area contributed by atoms with Crippen molar-refractivity contribution in [1.29, 1.82) is 0 Å². The molecule has 0 saturated carbocycles. The number of phenols is 5. The zero-order valence-corrected chi connectivity index (χ0v) is 14.7. The monoisotopic (exact) mass is 400 g/mol. The van der Waals surface area contributed by atoms with Crippen molar-refractivity contribution in [2.45, 2.75) is 18.6 Å². The van der Waals surface area contributed by atoms with Crippen LogP contribution in [0.4, 0.5) is 0 Å². The largest absolute Gasteiger partial charge is 0.508 e. The highest BCUT2D eigenvalue weighted by molar-refractivity contribution is 5.93. The summed E-state index contributed by atoms with van der Waals surface area (Å²) in [6.07, 6.45) is -2.34. The molecule has 150 valence electrons. The Bertz CT molecular complexity index is 1220. The average molecular weight is 400 g/mol. The number of rotatable bonds is 1. The summed E-state index contributed by atoms with van der Waals surface area (Å²) >= 11 is 0. The molecule has 0 amide bonds. The lowest BCUT2D eigenvalue weighted by Gasteiger charge is -2.31. The van der Waals surface area contributed by atoms with Crippen LogP contribution in [0.1, 0.15) is 17.2 Å². The minimum Gasteiger partial charge on any atom is -0.508 e. The first kappa shape index (κ1) is 18.5. The highest BCUT2D eigenvalue weighted by Crippen LogP contribution is 2.44. The van der Waals surface area contributed by atoms with Crippen LogP contribution < -0.4 is 10.2 Å². The number of hydrogen-bond donors (Lipinski definition) is 7. The van der Waals surface area contributed by atoms with E-state index < -0.39 is 46.0 Å². The molecular weight excluding hydrogens is 384 g/mol. The lowest BCUT2D eigenvalue weighted by Crippen LogP contribution is -2.30. The second kappa shape index (κ2) is 6.35. The number of phenolic OH excluding ortho intramolecular Hbond substituents is 5. The molecule has 0 aromatic heterocycles. The van der Waals surface area contributed by atoms with Crippen molar-refractivity contribution in [1.82, 2.24) is 0 Å². The van der Waals surface area contributed by atoms with Crippen LogP contribution in [0.3, 0.4) is 0 Å². The summed E-state index contributed by atoms with van der Waals surface area (Å²) in [6, 6.07) is 5.73. The van der Waals surface area contributed by atoms with Crippen molar-refractivity contribution < 1.29 is 40.5 Å². The number of fused-ring (bicyclic) bond motifs is 2. The molecule has 1 aliphatic rings. The van der Waals surface area contributed by atoms with E-state index in [1.165, 1.54) is 12.1 Å². The van der Waals surface area contributed by atoms with Crippen LogP contribution in [-0.4, -0.2) is 41.8 Å². The number of hydrogen-bond acceptors (Lipinski definition) is 9.